The van der Waals surface area contributed by atoms with Crippen molar-refractivity contribution in [2.75, 3.05) is 18.1 Å². The predicted molar refractivity (Wildman–Crippen MR) is 194 cm³/mol. The van der Waals surface area contributed by atoms with Crippen LogP contribution in [-0.4, -0.2) is 46.3 Å². The number of hydrogen-bond donors (Lipinski definition) is 1. The number of aliphatic hydroxyl groups excluding tert-OH is 1. The predicted octanol–water partition coefficient (Wildman–Crippen LogP) is 8.91. The van der Waals surface area contributed by atoms with Crippen molar-refractivity contribution in [2.45, 2.75) is 62.8 Å². The standard InChI is InChI=1S/C36H35Cl2N3O6S2/c1-5-45-29-16-21(7-11-28(29)46-13-12-19(2)3)31-30(32(42)22-8-10-27-24(15-22)14-20(4)47-27)33(43)34(44)41(31)35-39-40-36(49-35)48-18-23-6-9-25(37)17-26(23)38/h6-11,15-17,19-20,31,42H,5,12-14,18H2,1-4H3/b32-30+/t20-,31-/m1/s1. The molecular weight excluding hydrogens is 705 g/mol. The van der Waals surface area contributed by atoms with Crippen molar-refractivity contribution in [1.29, 1.82) is 0 Å². The zero-order chi connectivity index (χ0) is 34.8. The second kappa shape index (κ2) is 15.0. The second-order valence-electron chi connectivity index (χ2n) is 12.2. The smallest absolute Gasteiger partial charge is 0.301 e. The largest absolute Gasteiger partial charge is 0.507 e. The highest BCUT2D eigenvalue weighted by atomic mass is 35.5. The number of carbonyl (C=O) groups is 2. The van der Waals surface area contributed by atoms with E-state index in [1.54, 1.807) is 48.5 Å². The van der Waals surface area contributed by atoms with Gasteiger partial charge >= 0.3 is 5.91 Å². The number of hydrogen-bond acceptors (Lipinski definition) is 10. The van der Waals surface area contributed by atoms with E-state index in [1.807, 2.05) is 19.9 Å². The molecule has 1 aromatic heterocycles. The highest BCUT2D eigenvalue weighted by Crippen LogP contribution is 2.46. The van der Waals surface area contributed by atoms with Gasteiger partial charge in [-0.05, 0) is 85.3 Å². The third kappa shape index (κ3) is 7.55. The van der Waals surface area contributed by atoms with Crippen LogP contribution in [0.2, 0.25) is 10.0 Å². The molecular formula is C36H35Cl2N3O6S2. The van der Waals surface area contributed by atoms with Gasteiger partial charge in [0.2, 0.25) is 5.13 Å². The molecule has 0 unspecified atom stereocenters. The molecule has 1 amide bonds. The number of aromatic nitrogens is 2. The average Bonchev–Trinajstić information content (AvgIpc) is 3.75. The molecule has 1 N–H and O–H groups in total. The van der Waals surface area contributed by atoms with Crippen LogP contribution in [0.5, 0.6) is 17.2 Å². The molecule has 49 heavy (non-hydrogen) atoms. The van der Waals surface area contributed by atoms with E-state index >= 15 is 0 Å². The van der Waals surface area contributed by atoms with Crippen LogP contribution in [-0.2, 0) is 21.8 Å². The summed E-state index contributed by atoms with van der Waals surface area (Å²) < 4.78 is 18.4. The number of benzene rings is 3. The molecule has 4 aromatic rings. The number of halogens is 2. The molecule has 256 valence electrons. The number of anilines is 1. The van der Waals surface area contributed by atoms with Crippen LogP contribution in [0.25, 0.3) is 5.76 Å². The van der Waals surface area contributed by atoms with Gasteiger partial charge in [-0.3, -0.25) is 14.5 Å². The number of Topliss-reactive ketones (excluding diaryl/α,β-unsaturated/α-hetero) is 1. The van der Waals surface area contributed by atoms with Gasteiger partial charge in [0.05, 0.1) is 24.8 Å². The van der Waals surface area contributed by atoms with Crippen LogP contribution in [0.4, 0.5) is 5.13 Å². The van der Waals surface area contributed by atoms with Gasteiger partial charge in [-0.15, -0.1) is 10.2 Å². The monoisotopic (exact) mass is 739 g/mol. The third-order valence-electron chi connectivity index (χ3n) is 8.12. The minimum atomic E-state index is -1.02. The lowest BCUT2D eigenvalue weighted by Gasteiger charge is -2.24. The minimum absolute atomic E-state index is 0.00331. The SMILES string of the molecule is CCOc1cc([C@@H]2/C(=C(\O)c3ccc4c(c3)C[C@@H](C)O4)C(=O)C(=O)N2c2nnc(SCc3ccc(Cl)cc3Cl)s2)ccc1OCCC(C)C. The van der Waals surface area contributed by atoms with Gasteiger partial charge in [-0.25, -0.2) is 0 Å². The highest BCUT2D eigenvalue weighted by molar-refractivity contribution is 8.00. The Morgan fingerprint density at radius 1 is 1.08 bits per heavy atom. The van der Waals surface area contributed by atoms with E-state index in [1.165, 1.54) is 28.0 Å². The molecule has 1 saturated heterocycles. The number of fused-ring (bicyclic) bond motifs is 1. The Kier molecular flexibility index (Phi) is 10.7. The van der Waals surface area contributed by atoms with Crippen molar-refractivity contribution in [3.8, 4) is 17.2 Å². The Morgan fingerprint density at radius 3 is 2.65 bits per heavy atom. The summed E-state index contributed by atoms with van der Waals surface area (Å²) in [6.07, 6.45) is 1.52. The maximum Gasteiger partial charge on any atom is 0.301 e. The fourth-order valence-electron chi connectivity index (χ4n) is 5.69. The van der Waals surface area contributed by atoms with Crippen molar-refractivity contribution in [2.24, 2.45) is 5.92 Å². The zero-order valence-electron chi connectivity index (χ0n) is 27.4. The molecule has 13 heteroatoms. The Labute approximate surface area is 303 Å². The van der Waals surface area contributed by atoms with Gasteiger partial charge in [-0.2, -0.15) is 0 Å². The van der Waals surface area contributed by atoms with E-state index in [-0.39, 0.29) is 22.6 Å². The number of rotatable bonds is 12. The number of nitrogens with zero attached hydrogens (tertiary/aromatic N) is 3. The molecule has 0 saturated carbocycles. The van der Waals surface area contributed by atoms with E-state index in [0.29, 0.717) is 68.3 Å². The molecule has 3 aromatic carbocycles. The molecule has 3 heterocycles. The van der Waals surface area contributed by atoms with E-state index in [0.717, 1.165) is 23.3 Å². The van der Waals surface area contributed by atoms with E-state index in [9.17, 15) is 14.7 Å². The Morgan fingerprint density at radius 2 is 1.90 bits per heavy atom. The summed E-state index contributed by atoms with van der Waals surface area (Å²) in [6.45, 7) is 8.95. The van der Waals surface area contributed by atoms with Gasteiger partial charge in [0.1, 0.15) is 17.6 Å². The molecule has 0 spiro atoms. The first-order valence-electron chi connectivity index (χ1n) is 15.9. The molecule has 0 radical (unpaired) electrons. The van der Waals surface area contributed by atoms with E-state index in [4.69, 9.17) is 37.4 Å². The fraction of sp³-hybridized carbons (Fsp3) is 0.333. The van der Waals surface area contributed by atoms with E-state index < -0.39 is 17.7 Å². The van der Waals surface area contributed by atoms with Crippen molar-refractivity contribution in [3.05, 3.63) is 92.5 Å². The highest BCUT2D eigenvalue weighted by Gasteiger charge is 2.48. The Bertz CT molecular complexity index is 1930. The number of carbonyl (C=O) groups excluding carboxylic acids is 2. The summed E-state index contributed by atoms with van der Waals surface area (Å²) in [4.78, 5) is 29.0. The Balaban J connectivity index is 1.40. The lowest BCUT2D eigenvalue weighted by atomic mass is 9.94. The average molecular weight is 741 g/mol. The molecule has 9 nitrogen and oxygen atoms in total. The lowest BCUT2D eigenvalue weighted by Crippen LogP contribution is -2.29. The number of aliphatic hydroxyl groups is 1. The fourth-order valence-corrected chi connectivity index (χ4v) is 8.12. The molecule has 6 rings (SSSR count). The van der Waals surface area contributed by atoms with Crippen molar-refractivity contribution in [3.63, 3.8) is 0 Å². The molecule has 2 atom stereocenters. The number of ketones is 1. The first-order valence-corrected chi connectivity index (χ1v) is 18.5. The number of thioether (sulfide) groups is 1. The van der Waals surface area contributed by atoms with Crippen molar-refractivity contribution < 1.29 is 28.9 Å². The zero-order valence-corrected chi connectivity index (χ0v) is 30.5. The summed E-state index contributed by atoms with van der Waals surface area (Å²) in [7, 11) is 0. The Hall–Kier alpha value is -3.77. The molecule has 0 bridgehead atoms. The van der Waals surface area contributed by atoms with Crippen LogP contribution in [0, 0.1) is 5.92 Å². The van der Waals surface area contributed by atoms with Gasteiger partial charge in [0.15, 0.2) is 15.8 Å². The molecule has 2 aliphatic rings. The first kappa shape index (κ1) is 35.1. The lowest BCUT2D eigenvalue weighted by molar-refractivity contribution is -0.132. The summed E-state index contributed by atoms with van der Waals surface area (Å²) in [6, 6.07) is 14.8. The van der Waals surface area contributed by atoms with Crippen LogP contribution in [0.1, 0.15) is 62.4 Å². The van der Waals surface area contributed by atoms with Crippen molar-refractivity contribution >= 4 is 68.9 Å². The second-order valence-corrected chi connectivity index (χ2v) is 15.2. The topological polar surface area (TPSA) is 111 Å². The quantitative estimate of drug-likeness (QED) is 0.0501. The van der Waals surface area contributed by atoms with Gasteiger partial charge in [0, 0.05) is 27.8 Å². The third-order valence-corrected chi connectivity index (χ3v) is 10.8. The van der Waals surface area contributed by atoms with Gasteiger partial charge in [-0.1, -0.05) is 72.3 Å². The summed E-state index contributed by atoms with van der Waals surface area (Å²) in [5.74, 6) is 0.742. The molecule has 1 fully saturated rings. The van der Waals surface area contributed by atoms with E-state index in [2.05, 4.69) is 24.0 Å². The van der Waals surface area contributed by atoms with Gasteiger partial charge < -0.3 is 19.3 Å². The van der Waals surface area contributed by atoms with Crippen molar-refractivity contribution in [1.82, 2.24) is 10.2 Å². The van der Waals surface area contributed by atoms with Crippen LogP contribution < -0.4 is 19.1 Å². The molecule has 2 aliphatic heterocycles. The normalized spacial score (nSPS) is 18.2. The summed E-state index contributed by atoms with van der Waals surface area (Å²) in [5.41, 5.74) is 2.66. The maximum absolute atomic E-state index is 13.9. The maximum atomic E-state index is 13.9. The minimum Gasteiger partial charge on any atom is -0.507 e. The van der Waals surface area contributed by atoms with Crippen LogP contribution >= 0.6 is 46.3 Å². The summed E-state index contributed by atoms with van der Waals surface area (Å²) in [5, 5.41) is 21.7. The van der Waals surface area contributed by atoms with Crippen LogP contribution in [0.15, 0.2) is 64.5 Å². The molecule has 0 aliphatic carbocycles. The first-order chi connectivity index (χ1) is 23.5. The van der Waals surface area contributed by atoms with Crippen LogP contribution in [0.3, 0.4) is 0 Å². The number of amides is 1. The summed E-state index contributed by atoms with van der Waals surface area (Å²) >= 11 is 15.0. The van der Waals surface area contributed by atoms with Gasteiger partial charge in [0.25, 0.3) is 5.78 Å². The number of ether oxygens (including phenoxy) is 3.